The minimum atomic E-state index is 0.898. The molecule has 0 aromatic heterocycles. The Morgan fingerprint density at radius 3 is 2.13 bits per heavy atom. The van der Waals surface area contributed by atoms with Gasteiger partial charge in [0.05, 0.1) is 0 Å². The zero-order chi connectivity index (χ0) is 33.6. The van der Waals surface area contributed by atoms with Crippen LogP contribution in [0.25, 0.3) is 0 Å². The Kier molecular flexibility index (Phi) is 17.5. The van der Waals surface area contributed by atoms with Crippen LogP contribution < -0.4 is 0 Å². The molecule has 0 N–H and O–H groups in total. The fraction of sp³-hybridized carbons (Fsp3) is 0.915. The first kappa shape index (κ1) is 39.3. The Morgan fingerprint density at radius 2 is 1.49 bits per heavy atom. The molecule has 0 aromatic carbocycles. The van der Waals surface area contributed by atoms with Gasteiger partial charge in [-0.15, -0.1) is 0 Å². The van der Waals surface area contributed by atoms with Gasteiger partial charge in [-0.05, 0) is 148 Å². The fourth-order valence-electron chi connectivity index (χ4n) is 13.2. The monoisotopic (exact) mass is 649 g/mol. The molecule has 0 aliphatic heterocycles. The summed E-state index contributed by atoms with van der Waals surface area (Å²) in [6, 6.07) is 0. The van der Waals surface area contributed by atoms with E-state index < -0.39 is 0 Å². The number of rotatable bonds is 14. The minimum absolute atomic E-state index is 0.898. The molecule has 0 amide bonds. The summed E-state index contributed by atoms with van der Waals surface area (Å²) in [5, 5.41) is 0. The first-order valence-electron chi connectivity index (χ1n) is 22.3. The van der Waals surface area contributed by atoms with E-state index in [1.165, 1.54) is 128 Å². The van der Waals surface area contributed by atoms with E-state index in [0.29, 0.717) is 0 Å². The SMILES string of the molecule is CCC(C1=CCCCC1)C1CC=CCC1.CCCCC(C1CCCCCC1C)C1C(CCC)C(CC)C(C(C)CCC)C2CCCC21. The van der Waals surface area contributed by atoms with Gasteiger partial charge in [0.1, 0.15) is 0 Å². The van der Waals surface area contributed by atoms with Gasteiger partial charge in [-0.1, -0.05) is 149 Å². The molecule has 5 rings (SSSR count). The number of unbranched alkanes of at least 4 members (excludes halogenated alkanes) is 1. The van der Waals surface area contributed by atoms with Crippen LogP contribution in [0.4, 0.5) is 0 Å². The summed E-state index contributed by atoms with van der Waals surface area (Å²) in [5.74, 6) is 12.0. The van der Waals surface area contributed by atoms with Crippen molar-refractivity contribution in [3.05, 3.63) is 23.8 Å². The first-order chi connectivity index (χ1) is 23.0. The smallest absolute Gasteiger partial charge is 0.0174 e. The molecule has 0 aromatic rings. The van der Waals surface area contributed by atoms with Gasteiger partial charge in [0, 0.05) is 0 Å². The van der Waals surface area contributed by atoms with E-state index in [1.807, 2.05) is 0 Å². The second-order valence-corrected chi connectivity index (χ2v) is 17.9. The largest absolute Gasteiger partial charge is 0.0885 e. The van der Waals surface area contributed by atoms with E-state index >= 15 is 0 Å². The molecule has 5 aliphatic carbocycles. The van der Waals surface area contributed by atoms with E-state index in [0.717, 1.165) is 71.0 Å². The molecule has 0 radical (unpaired) electrons. The molecule has 0 saturated heterocycles. The molecule has 3 saturated carbocycles. The van der Waals surface area contributed by atoms with Gasteiger partial charge in [-0.3, -0.25) is 0 Å². The molecule has 12 unspecified atom stereocenters. The van der Waals surface area contributed by atoms with Gasteiger partial charge in [-0.2, -0.15) is 0 Å². The van der Waals surface area contributed by atoms with Crippen molar-refractivity contribution in [3.63, 3.8) is 0 Å². The number of hydrogen-bond acceptors (Lipinski definition) is 0. The summed E-state index contributed by atoms with van der Waals surface area (Å²) in [6.07, 6.45) is 42.2. The van der Waals surface area contributed by atoms with E-state index in [2.05, 4.69) is 66.7 Å². The van der Waals surface area contributed by atoms with Crippen LogP contribution in [0.3, 0.4) is 0 Å². The van der Waals surface area contributed by atoms with Crippen molar-refractivity contribution in [2.45, 2.75) is 203 Å². The van der Waals surface area contributed by atoms with Gasteiger partial charge in [0.25, 0.3) is 0 Å². The van der Waals surface area contributed by atoms with Crippen LogP contribution in [0.15, 0.2) is 23.8 Å². The van der Waals surface area contributed by atoms with Crippen molar-refractivity contribution in [2.24, 2.45) is 71.0 Å². The highest BCUT2D eigenvalue weighted by Gasteiger charge is 2.54. The van der Waals surface area contributed by atoms with Crippen molar-refractivity contribution in [3.8, 4) is 0 Å². The molecule has 0 heterocycles. The molecule has 47 heavy (non-hydrogen) atoms. The van der Waals surface area contributed by atoms with Crippen LogP contribution in [-0.2, 0) is 0 Å². The molecule has 3 fully saturated rings. The lowest BCUT2D eigenvalue weighted by Gasteiger charge is -2.56. The molecule has 5 aliphatic rings. The van der Waals surface area contributed by atoms with Gasteiger partial charge in [-0.25, -0.2) is 0 Å². The highest BCUT2D eigenvalue weighted by Crippen LogP contribution is 2.61. The Labute approximate surface area is 296 Å². The minimum Gasteiger partial charge on any atom is -0.0885 e. The van der Waals surface area contributed by atoms with Crippen LogP contribution >= 0.6 is 0 Å². The number of fused-ring (bicyclic) bond motifs is 1. The van der Waals surface area contributed by atoms with Crippen LogP contribution in [-0.4, -0.2) is 0 Å². The van der Waals surface area contributed by atoms with Crippen molar-refractivity contribution in [1.29, 1.82) is 0 Å². The van der Waals surface area contributed by atoms with Crippen molar-refractivity contribution < 1.29 is 0 Å². The van der Waals surface area contributed by atoms with Crippen LogP contribution in [0, 0.1) is 71.0 Å². The predicted octanol–water partition coefficient (Wildman–Crippen LogP) is 15.4. The third-order valence-corrected chi connectivity index (χ3v) is 15.1. The van der Waals surface area contributed by atoms with Crippen molar-refractivity contribution in [1.82, 2.24) is 0 Å². The summed E-state index contributed by atoms with van der Waals surface area (Å²) in [6.45, 7) is 17.6. The molecule has 0 nitrogen and oxygen atoms in total. The standard InChI is InChI=1S/C32H60.C15H24/c1-7-11-19-28(26-20-14-12-13-18-23(26)5)32-27(17-9-3)25(10-4)31(24(6)16-8-2)29-21-15-22-30(29)32;1-2-15(13-9-5-3-6-10-13)14-11-7-4-8-12-14/h23-32H,7-22H2,1-6H3;3,5,11,13,15H,2,4,6-10,12H2,1H3. The number of hydrogen-bond donors (Lipinski definition) is 0. The Hall–Kier alpha value is -0.520. The first-order valence-corrected chi connectivity index (χ1v) is 22.3. The highest BCUT2D eigenvalue weighted by molar-refractivity contribution is 5.12. The molecule has 0 heteroatoms. The lowest BCUT2D eigenvalue weighted by atomic mass is 9.49. The average Bonchev–Trinajstić information content (AvgIpc) is 3.48. The van der Waals surface area contributed by atoms with E-state index in [9.17, 15) is 0 Å². The summed E-state index contributed by atoms with van der Waals surface area (Å²) >= 11 is 0. The maximum Gasteiger partial charge on any atom is -0.0174 e. The van der Waals surface area contributed by atoms with Crippen molar-refractivity contribution in [2.75, 3.05) is 0 Å². The second kappa shape index (κ2) is 21.0. The third kappa shape index (κ3) is 10.3. The zero-order valence-corrected chi connectivity index (χ0v) is 33.1. The van der Waals surface area contributed by atoms with Gasteiger partial charge < -0.3 is 0 Å². The van der Waals surface area contributed by atoms with Crippen LogP contribution in [0.5, 0.6) is 0 Å². The maximum atomic E-state index is 2.65. The normalized spacial score (nSPS) is 36.3. The second-order valence-electron chi connectivity index (χ2n) is 17.9. The maximum absolute atomic E-state index is 2.65. The Morgan fingerprint density at radius 1 is 0.702 bits per heavy atom. The lowest BCUT2D eigenvalue weighted by Crippen LogP contribution is -2.50. The van der Waals surface area contributed by atoms with E-state index in [1.54, 1.807) is 31.3 Å². The zero-order valence-electron chi connectivity index (χ0n) is 33.1. The summed E-state index contributed by atoms with van der Waals surface area (Å²) in [5.41, 5.74) is 1.80. The van der Waals surface area contributed by atoms with Gasteiger partial charge >= 0.3 is 0 Å². The molecule has 12 atom stereocenters. The van der Waals surface area contributed by atoms with Crippen LogP contribution in [0.2, 0.25) is 0 Å². The quantitative estimate of drug-likeness (QED) is 0.130. The highest BCUT2D eigenvalue weighted by atomic mass is 14.6. The number of allylic oxidation sites excluding steroid dienone is 4. The van der Waals surface area contributed by atoms with E-state index in [4.69, 9.17) is 0 Å². The van der Waals surface area contributed by atoms with Crippen molar-refractivity contribution >= 4 is 0 Å². The van der Waals surface area contributed by atoms with E-state index in [-0.39, 0.29) is 0 Å². The average molecular weight is 649 g/mol. The third-order valence-electron chi connectivity index (χ3n) is 15.1. The summed E-state index contributed by atoms with van der Waals surface area (Å²) < 4.78 is 0. The van der Waals surface area contributed by atoms with Crippen LogP contribution in [0.1, 0.15) is 203 Å². The van der Waals surface area contributed by atoms with Gasteiger partial charge in [0.15, 0.2) is 0 Å². The lowest BCUT2D eigenvalue weighted by molar-refractivity contribution is -0.0793. The summed E-state index contributed by atoms with van der Waals surface area (Å²) in [7, 11) is 0. The molecular formula is C47H84. The van der Waals surface area contributed by atoms with Gasteiger partial charge in [0.2, 0.25) is 0 Å². The fourth-order valence-corrected chi connectivity index (χ4v) is 13.2. The Bertz CT molecular complexity index is 894. The Balaban J connectivity index is 0.000000277. The topological polar surface area (TPSA) is 0 Å². The molecule has 0 bridgehead atoms. The molecule has 0 spiro atoms. The molecular weight excluding hydrogens is 565 g/mol. The predicted molar refractivity (Wildman–Crippen MR) is 210 cm³/mol. The summed E-state index contributed by atoms with van der Waals surface area (Å²) in [4.78, 5) is 0. The molecule has 272 valence electrons.